The summed E-state index contributed by atoms with van der Waals surface area (Å²) in [4.78, 5) is 8.77. The summed E-state index contributed by atoms with van der Waals surface area (Å²) in [6.45, 7) is 4.58. The molecule has 1 fully saturated rings. The van der Waals surface area contributed by atoms with Gasteiger partial charge in [-0.05, 0) is 73.1 Å². The molecule has 1 aliphatic carbocycles. The molecule has 0 spiro atoms. The number of nitrogens with two attached hydrogens (primary N) is 1. The minimum Gasteiger partial charge on any atom is -0.380 e. The highest BCUT2D eigenvalue weighted by Gasteiger charge is 2.35. The molecule has 4 unspecified atom stereocenters. The quantitative estimate of drug-likeness (QED) is 0.328. The molecule has 3 aromatic heterocycles. The summed E-state index contributed by atoms with van der Waals surface area (Å²) in [6.07, 6.45) is 6.89. The Labute approximate surface area is 220 Å². The smallest absolute Gasteiger partial charge is 0.229 e. The number of aromatic nitrogens is 4. The number of hydrogen-bond acceptors (Lipinski definition) is 7. The molecular formula is C28H32F2N6O2. The van der Waals surface area contributed by atoms with Crippen molar-refractivity contribution in [3.63, 3.8) is 0 Å². The highest BCUT2D eigenvalue weighted by Crippen LogP contribution is 2.40. The van der Waals surface area contributed by atoms with Crippen molar-refractivity contribution in [2.24, 2.45) is 11.7 Å². The van der Waals surface area contributed by atoms with Crippen molar-refractivity contribution in [3.8, 4) is 11.3 Å². The number of pyridine rings is 1. The Morgan fingerprint density at radius 3 is 2.63 bits per heavy atom. The van der Waals surface area contributed by atoms with Crippen LogP contribution in [0.25, 0.3) is 16.8 Å². The second-order valence-electron chi connectivity index (χ2n) is 9.81. The molecule has 38 heavy (non-hydrogen) atoms. The van der Waals surface area contributed by atoms with Crippen LogP contribution in [-0.2, 0) is 16.1 Å². The van der Waals surface area contributed by atoms with Crippen LogP contribution in [0.4, 0.5) is 20.4 Å². The molecule has 0 saturated heterocycles. The lowest BCUT2D eigenvalue weighted by atomic mass is 9.74. The molecule has 8 nitrogen and oxygen atoms in total. The van der Waals surface area contributed by atoms with E-state index in [-0.39, 0.29) is 35.9 Å². The van der Waals surface area contributed by atoms with E-state index in [1.165, 1.54) is 16.6 Å². The van der Waals surface area contributed by atoms with Gasteiger partial charge in [0.15, 0.2) is 0 Å². The maximum atomic E-state index is 15.0. The molecule has 0 bridgehead atoms. The third-order valence-corrected chi connectivity index (χ3v) is 7.22. The molecule has 10 heteroatoms. The summed E-state index contributed by atoms with van der Waals surface area (Å²) in [5.74, 6) is -0.477. The summed E-state index contributed by atoms with van der Waals surface area (Å²) in [5.41, 5.74) is 9.35. The first-order valence-electron chi connectivity index (χ1n) is 12.8. The van der Waals surface area contributed by atoms with E-state index < -0.39 is 11.6 Å². The summed E-state index contributed by atoms with van der Waals surface area (Å²) >= 11 is 0. The molecule has 1 aliphatic rings. The predicted octanol–water partition coefficient (Wildman–Crippen LogP) is 5.21. The van der Waals surface area contributed by atoms with Gasteiger partial charge in [-0.1, -0.05) is 6.92 Å². The number of hydrogen-bond donors (Lipinski definition) is 2. The van der Waals surface area contributed by atoms with Crippen LogP contribution in [0.1, 0.15) is 43.7 Å². The second-order valence-corrected chi connectivity index (χ2v) is 9.81. The Morgan fingerprint density at radius 1 is 1.13 bits per heavy atom. The number of rotatable bonds is 8. The molecular weight excluding hydrogens is 490 g/mol. The van der Waals surface area contributed by atoms with Crippen LogP contribution < -0.4 is 11.1 Å². The number of benzene rings is 1. The molecule has 0 amide bonds. The first kappa shape index (κ1) is 26.1. The molecule has 3 N–H and O–H groups in total. The highest BCUT2D eigenvalue weighted by atomic mass is 19.1. The topological polar surface area (TPSA) is 99.6 Å². The first-order chi connectivity index (χ1) is 18.4. The van der Waals surface area contributed by atoms with E-state index in [2.05, 4.69) is 27.3 Å². The fraction of sp³-hybridized carbons (Fsp3) is 0.393. The molecule has 200 valence electrons. The van der Waals surface area contributed by atoms with Crippen molar-refractivity contribution in [2.75, 3.05) is 19.0 Å². The van der Waals surface area contributed by atoms with E-state index in [0.29, 0.717) is 29.6 Å². The van der Waals surface area contributed by atoms with E-state index in [9.17, 15) is 8.78 Å². The molecule has 1 saturated carbocycles. The van der Waals surface area contributed by atoms with Crippen molar-refractivity contribution in [1.29, 1.82) is 0 Å². The van der Waals surface area contributed by atoms with Gasteiger partial charge in [0.25, 0.3) is 0 Å². The number of fused-ring (bicyclic) bond motifs is 1. The van der Waals surface area contributed by atoms with E-state index in [4.69, 9.17) is 15.2 Å². The number of ether oxygens (including phenoxy) is 2. The SMILES string of the molecule is CCOCc1cc(F)c(-c2ccc3cnc(Nc4cnccc4C4CC(C)C(OC)C(N)C4)n3n2)c(F)c1. The molecule has 0 radical (unpaired) electrons. The van der Waals surface area contributed by atoms with Crippen molar-refractivity contribution >= 4 is 17.2 Å². The summed E-state index contributed by atoms with van der Waals surface area (Å²) in [6, 6.07) is 7.78. The van der Waals surface area contributed by atoms with E-state index >= 15 is 0 Å². The average Bonchev–Trinajstić information content (AvgIpc) is 3.29. The van der Waals surface area contributed by atoms with Crippen LogP contribution in [0.2, 0.25) is 0 Å². The number of anilines is 2. The van der Waals surface area contributed by atoms with Gasteiger partial charge >= 0.3 is 0 Å². The van der Waals surface area contributed by atoms with Crippen LogP contribution in [0.3, 0.4) is 0 Å². The lowest BCUT2D eigenvalue weighted by molar-refractivity contribution is 0.00984. The molecule has 3 heterocycles. The number of halogens is 2. The van der Waals surface area contributed by atoms with Crippen LogP contribution in [0, 0.1) is 17.6 Å². The van der Waals surface area contributed by atoms with Gasteiger partial charge in [-0.3, -0.25) is 4.98 Å². The van der Waals surface area contributed by atoms with Crippen LogP contribution in [0.5, 0.6) is 0 Å². The highest BCUT2D eigenvalue weighted by molar-refractivity contribution is 5.66. The van der Waals surface area contributed by atoms with Crippen LogP contribution in [-0.4, -0.2) is 45.4 Å². The van der Waals surface area contributed by atoms with Crippen molar-refractivity contribution < 1.29 is 18.3 Å². The van der Waals surface area contributed by atoms with E-state index in [1.54, 1.807) is 37.8 Å². The zero-order valence-corrected chi connectivity index (χ0v) is 21.7. The van der Waals surface area contributed by atoms with Gasteiger partial charge in [-0.2, -0.15) is 9.61 Å². The van der Waals surface area contributed by atoms with Crippen LogP contribution in [0.15, 0.2) is 48.9 Å². The Hall–Kier alpha value is -3.47. The summed E-state index contributed by atoms with van der Waals surface area (Å²) in [5, 5.41) is 7.86. The Bertz CT molecular complexity index is 1390. The van der Waals surface area contributed by atoms with Gasteiger partial charge in [-0.15, -0.1) is 0 Å². The van der Waals surface area contributed by atoms with Gasteiger partial charge in [-0.25, -0.2) is 13.8 Å². The number of imidazole rings is 1. The molecule has 4 aromatic rings. The second kappa shape index (κ2) is 11.1. The molecule has 4 atom stereocenters. The van der Waals surface area contributed by atoms with Crippen molar-refractivity contribution in [2.45, 2.75) is 51.4 Å². The lowest BCUT2D eigenvalue weighted by Gasteiger charge is -2.38. The standard InChI is InChI=1S/C28H32F2N6O2/c1-4-38-15-17-10-21(29)26(22(30)11-17)24-6-5-19-13-33-28(36(19)35-24)34-25-14-32-8-7-20(25)18-9-16(2)27(37-3)23(31)12-18/h5-8,10-11,13-14,16,18,23,27H,4,9,12,15,31H2,1-3H3,(H,33,34). The van der Waals surface area contributed by atoms with Gasteiger partial charge < -0.3 is 20.5 Å². The zero-order chi connectivity index (χ0) is 26.8. The van der Waals surface area contributed by atoms with E-state index in [1.807, 2.05) is 13.0 Å². The maximum Gasteiger partial charge on any atom is 0.229 e. The number of nitrogens with one attached hydrogen (secondary N) is 1. The minimum atomic E-state index is -0.701. The monoisotopic (exact) mass is 522 g/mol. The van der Waals surface area contributed by atoms with Crippen LogP contribution >= 0.6 is 0 Å². The zero-order valence-electron chi connectivity index (χ0n) is 21.7. The van der Waals surface area contributed by atoms with Gasteiger partial charge in [0.05, 0.1) is 47.6 Å². The Balaban J connectivity index is 1.46. The number of nitrogens with zero attached hydrogens (tertiary/aromatic N) is 4. The van der Waals surface area contributed by atoms with Gasteiger partial charge in [0.1, 0.15) is 11.6 Å². The summed E-state index contributed by atoms with van der Waals surface area (Å²) in [7, 11) is 1.71. The van der Waals surface area contributed by atoms with Gasteiger partial charge in [0.2, 0.25) is 5.95 Å². The predicted molar refractivity (Wildman–Crippen MR) is 141 cm³/mol. The van der Waals surface area contributed by atoms with E-state index in [0.717, 1.165) is 24.1 Å². The Kier molecular flexibility index (Phi) is 7.64. The minimum absolute atomic E-state index is 0.0254. The third-order valence-electron chi connectivity index (χ3n) is 7.22. The molecule has 0 aliphatic heterocycles. The van der Waals surface area contributed by atoms with Gasteiger partial charge in [0, 0.05) is 26.0 Å². The Morgan fingerprint density at radius 2 is 1.92 bits per heavy atom. The lowest BCUT2D eigenvalue weighted by Crippen LogP contribution is -2.45. The molecule has 1 aromatic carbocycles. The fourth-order valence-electron chi connectivity index (χ4n) is 5.49. The first-order valence-corrected chi connectivity index (χ1v) is 12.8. The number of methoxy groups -OCH3 is 1. The fourth-order valence-corrected chi connectivity index (χ4v) is 5.49. The molecule has 5 rings (SSSR count). The third kappa shape index (κ3) is 5.11. The van der Waals surface area contributed by atoms with Crippen molar-refractivity contribution in [1.82, 2.24) is 19.6 Å². The van der Waals surface area contributed by atoms with Crippen molar-refractivity contribution in [3.05, 3.63) is 71.7 Å². The maximum absolute atomic E-state index is 15.0. The average molecular weight is 523 g/mol. The largest absolute Gasteiger partial charge is 0.380 e. The summed E-state index contributed by atoms with van der Waals surface area (Å²) < 4.78 is 42.4. The normalized spacial score (nSPS) is 21.6.